The highest BCUT2D eigenvalue weighted by Crippen LogP contribution is 2.22. The van der Waals surface area contributed by atoms with Crippen molar-refractivity contribution >= 4 is 11.7 Å². The van der Waals surface area contributed by atoms with Crippen LogP contribution in [-0.2, 0) is 11.2 Å². The van der Waals surface area contributed by atoms with Crippen molar-refractivity contribution in [2.45, 2.75) is 12.5 Å². The van der Waals surface area contributed by atoms with Gasteiger partial charge in [0, 0.05) is 38.3 Å². The number of carboxylic acid groups (broad SMARTS) is 1. The highest BCUT2D eigenvalue weighted by molar-refractivity contribution is 5.74. The number of rotatable bonds is 6. The molecule has 0 bridgehead atoms. The van der Waals surface area contributed by atoms with Crippen molar-refractivity contribution < 1.29 is 14.6 Å². The van der Waals surface area contributed by atoms with Gasteiger partial charge in [-0.05, 0) is 23.8 Å². The average molecular weight is 340 g/mol. The van der Waals surface area contributed by atoms with Crippen molar-refractivity contribution in [3.8, 4) is 5.75 Å². The zero-order valence-corrected chi connectivity index (χ0v) is 14.5. The van der Waals surface area contributed by atoms with E-state index < -0.39 is 12.0 Å². The van der Waals surface area contributed by atoms with Crippen LogP contribution in [0.4, 0.5) is 5.69 Å². The van der Waals surface area contributed by atoms with E-state index >= 15 is 0 Å². The lowest BCUT2D eigenvalue weighted by atomic mass is 10.0. The highest BCUT2D eigenvalue weighted by Gasteiger charge is 2.29. The minimum atomic E-state index is -0.779. The molecule has 2 aromatic rings. The largest absolute Gasteiger partial charge is 0.496 e. The maximum atomic E-state index is 11.9. The topological polar surface area (TPSA) is 53.0 Å². The van der Waals surface area contributed by atoms with Gasteiger partial charge in [-0.3, -0.25) is 9.69 Å². The number of piperazine rings is 1. The summed E-state index contributed by atoms with van der Waals surface area (Å²) in [6.07, 6.45) is 0.449. The predicted octanol–water partition coefficient (Wildman–Crippen LogP) is 2.51. The fraction of sp³-hybridized carbons (Fsp3) is 0.350. The second-order valence-corrected chi connectivity index (χ2v) is 6.23. The molecule has 0 aromatic heterocycles. The Balaban J connectivity index is 1.67. The molecule has 1 aliphatic rings. The molecule has 0 spiro atoms. The monoisotopic (exact) mass is 340 g/mol. The summed E-state index contributed by atoms with van der Waals surface area (Å²) in [7, 11) is 1.62. The standard InChI is InChI=1S/C20H24N2O3/c1-25-19-10-6-5-7-16(19)15-18(20(23)24)22-13-11-21(12-14-22)17-8-3-2-4-9-17/h2-10,18H,11-15H2,1H3,(H,23,24)/t18-/m1/s1. The zero-order valence-electron chi connectivity index (χ0n) is 14.5. The molecule has 0 unspecified atom stereocenters. The van der Waals surface area contributed by atoms with Crippen LogP contribution in [-0.4, -0.2) is 55.3 Å². The summed E-state index contributed by atoms with van der Waals surface area (Å²) in [4.78, 5) is 16.2. The Morgan fingerprint density at radius 1 is 1.04 bits per heavy atom. The van der Waals surface area contributed by atoms with Crippen LogP contribution in [0.15, 0.2) is 54.6 Å². The van der Waals surface area contributed by atoms with Gasteiger partial charge in [0.15, 0.2) is 0 Å². The van der Waals surface area contributed by atoms with Gasteiger partial charge in [-0.25, -0.2) is 0 Å². The molecule has 1 N–H and O–H groups in total. The Labute approximate surface area is 148 Å². The van der Waals surface area contributed by atoms with Crippen molar-refractivity contribution in [1.82, 2.24) is 4.90 Å². The van der Waals surface area contributed by atoms with Gasteiger partial charge < -0.3 is 14.7 Å². The Hall–Kier alpha value is -2.53. The molecule has 1 heterocycles. The molecule has 0 aliphatic carbocycles. The van der Waals surface area contributed by atoms with E-state index in [-0.39, 0.29) is 0 Å². The second-order valence-electron chi connectivity index (χ2n) is 6.23. The molecule has 132 valence electrons. The van der Waals surface area contributed by atoms with Crippen molar-refractivity contribution in [2.24, 2.45) is 0 Å². The number of anilines is 1. The summed E-state index contributed by atoms with van der Waals surface area (Å²) in [5, 5.41) is 9.74. The Morgan fingerprint density at radius 2 is 1.68 bits per heavy atom. The molecule has 25 heavy (non-hydrogen) atoms. The maximum absolute atomic E-state index is 11.9. The van der Waals surface area contributed by atoms with E-state index in [0.717, 1.165) is 37.5 Å². The van der Waals surface area contributed by atoms with Gasteiger partial charge in [-0.15, -0.1) is 0 Å². The molecule has 1 aliphatic heterocycles. The van der Waals surface area contributed by atoms with Crippen molar-refractivity contribution in [3.05, 3.63) is 60.2 Å². The van der Waals surface area contributed by atoms with E-state index in [1.165, 1.54) is 5.69 Å². The molecule has 1 atom stereocenters. The van der Waals surface area contributed by atoms with Crippen LogP contribution in [0.2, 0.25) is 0 Å². The molecule has 1 fully saturated rings. The van der Waals surface area contributed by atoms with Gasteiger partial charge in [0.05, 0.1) is 7.11 Å². The lowest BCUT2D eigenvalue weighted by molar-refractivity contribution is -0.143. The van der Waals surface area contributed by atoms with Crippen LogP contribution in [0.25, 0.3) is 0 Å². The highest BCUT2D eigenvalue weighted by atomic mass is 16.5. The summed E-state index contributed by atoms with van der Waals surface area (Å²) in [6.45, 7) is 3.14. The van der Waals surface area contributed by atoms with Gasteiger partial charge in [0.2, 0.25) is 0 Å². The zero-order chi connectivity index (χ0) is 17.6. The first-order chi connectivity index (χ1) is 12.2. The lowest BCUT2D eigenvalue weighted by Gasteiger charge is -2.39. The smallest absolute Gasteiger partial charge is 0.321 e. The molecule has 5 heteroatoms. The SMILES string of the molecule is COc1ccccc1C[C@H](C(=O)O)N1CCN(c2ccccc2)CC1. The minimum absolute atomic E-state index is 0.449. The first kappa shape index (κ1) is 17.3. The number of methoxy groups -OCH3 is 1. The summed E-state index contributed by atoms with van der Waals surface area (Å²) in [5.41, 5.74) is 2.13. The summed E-state index contributed by atoms with van der Waals surface area (Å²) < 4.78 is 5.37. The van der Waals surface area contributed by atoms with Crippen molar-refractivity contribution in [3.63, 3.8) is 0 Å². The quantitative estimate of drug-likeness (QED) is 0.876. The summed E-state index contributed by atoms with van der Waals surface area (Å²) in [6, 6.07) is 17.4. The number of aliphatic carboxylic acids is 1. The average Bonchev–Trinajstić information content (AvgIpc) is 2.67. The summed E-state index contributed by atoms with van der Waals surface area (Å²) in [5.74, 6) is -0.0317. The van der Waals surface area contributed by atoms with E-state index in [2.05, 4.69) is 21.9 Å². The van der Waals surface area contributed by atoms with E-state index in [1.807, 2.05) is 42.5 Å². The first-order valence-electron chi connectivity index (χ1n) is 8.58. The normalized spacial score (nSPS) is 16.4. The lowest BCUT2D eigenvalue weighted by Crippen LogP contribution is -2.53. The van der Waals surface area contributed by atoms with Crippen LogP contribution in [0.3, 0.4) is 0 Å². The molecule has 0 saturated carbocycles. The van der Waals surface area contributed by atoms with E-state index in [1.54, 1.807) is 7.11 Å². The van der Waals surface area contributed by atoms with Crippen molar-refractivity contribution in [2.75, 3.05) is 38.2 Å². The number of hydrogen-bond donors (Lipinski definition) is 1. The van der Waals surface area contributed by atoms with Crippen LogP contribution in [0.1, 0.15) is 5.56 Å². The minimum Gasteiger partial charge on any atom is -0.496 e. The molecule has 1 saturated heterocycles. The molecule has 5 nitrogen and oxygen atoms in total. The number of benzene rings is 2. The van der Waals surface area contributed by atoms with Gasteiger partial charge in [-0.2, -0.15) is 0 Å². The maximum Gasteiger partial charge on any atom is 0.321 e. The van der Waals surface area contributed by atoms with Gasteiger partial charge >= 0.3 is 5.97 Å². The first-order valence-corrected chi connectivity index (χ1v) is 8.58. The van der Waals surface area contributed by atoms with Gasteiger partial charge in [0.25, 0.3) is 0 Å². The molecule has 3 rings (SSSR count). The van der Waals surface area contributed by atoms with Crippen LogP contribution >= 0.6 is 0 Å². The third-order valence-corrected chi connectivity index (χ3v) is 4.77. The molecule has 0 radical (unpaired) electrons. The van der Waals surface area contributed by atoms with E-state index in [9.17, 15) is 9.90 Å². The molecule has 2 aromatic carbocycles. The second kappa shape index (κ2) is 8.03. The van der Waals surface area contributed by atoms with Crippen LogP contribution < -0.4 is 9.64 Å². The number of carboxylic acids is 1. The van der Waals surface area contributed by atoms with Crippen LogP contribution in [0.5, 0.6) is 5.75 Å². The predicted molar refractivity (Wildman–Crippen MR) is 98.3 cm³/mol. The Bertz CT molecular complexity index is 697. The molecular weight excluding hydrogens is 316 g/mol. The Kier molecular flexibility index (Phi) is 5.56. The van der Waals surface area contributed by atoms with E-state index in [4.69, 9.17) is 4.74 Å². The third-order valence-electron chi connectivity index (χ3n) is 4.77. The van der Waals surface area contributed by atoms with Crippen molar-refractivity contribution in [1.29, 1.82) is 0 Å². The van der Waals surface area contributed by atoms with Crippen LogP contribution in [0, 0.1) is 0 Å². The number of nitrogens with zero attached hydrogens (tertiary/aromatic N) is 2. The fourth-order valence-corrected chi connectivity index (χ4v) is 3.38. The summed E-state index contributed by atoms with van der Waals surface area (Å²) >= 11 is 0. The van der Waals surface area contributed by atoms with Gasteiger partial charge in [-0.1, -0.05) is 36.4 Å². The number of para-hydroxylation sites is 2. The molecular formula is C20H24N2O3. The number of carbonyl (C=O) groups is 1. The number of ether oxygens (including phenoxy) is 1. The van der Waals surface area contributed by atoms with Gasteiger partial charge in [0.1, 0.15) is 11.8 Å². The van der Waals surface area contributed by atoms with E-state index in [0.29, 0.717) is 6.42 Å². The third kappa shape index (κ3) is 4.12. The fourth-order valence-electron chi connectivity index (χ4n) is 3.38. The number of hydrogen-bond acceptors (Lipinski definition) is 4. The Morgan fingerprint density at radius 3 is 2.32 bits per heavy atom. The molecule has 0 amide bonds.